The fraction of sp³-hybridized carbons (Fsp3) is 0.760. The van der Waals surface area contributed by atoms with Gasteiger partial charge in [0.25, 0.3) is 0 Å². The second-order valence-electron chi connectivity index (χ2n) is 10.7. The minimum atomic E-state index is -0.0209. The summed E-state index contributed by atoms with van der Waals surface area (Å²) in [6, 6.07) is 11.4. The summed E-state index contributed by atoms with van der Waals surface area (Å²) in [5, 5.41) is 10.2. The van der Waals surface area contributed by atoms with Crippen molar-refractivity contribution in [3.05, 3.63) is 35.9 Å². The van der Waals surface area contributed by atoms with E-state index in [2.05, 4.69) is 44.2 Å². The lowest BCUT2D eigenvalue weighted by atomic mass is 9.44. The predicted octanol–water partition coefficient (Wildman–Crippen LogP) is 6.17. The maximum Gasteiger partial charge on any atom is 0.0543 e. The summed E-state index contributed by atoms with van der Waals surface area (Å²) in [7, 11) is 0. The van der Waals surface area contributed by atoms with Gasteiger partial charge in [0, 0.05) is 0 Å². The van der Waals surface area contributed by atoms with Gasteiger partial charge in [0.05, 0.1) is 6.10 Å². The van der Waals surface area contributed by atoms with Gasteiger partial charge >= 0.3 is 0 Å². The van der Waals surface area contributed by atoms with Crippen LogP contribution in [0.3, 0.4) is 0 Å². The molecule has 26 heavy (non-hydrogen) atoms. The molecule has 1 nitrogen and oxygen atoms in total. The molecule has 4 fully saturated rings. The quantitative estimate of drug-likeness (QED) is 0.640. The lowest BCUT2D eigenvalue weighted by molar-refractivity contribution is -0.122. The van der Waals surface area contributed by atoms with E-state index in [-0.39, 0.29) is 6.10 Å². The van der Waals surface area contributed by atoms with Crippen LogP contribution in [0.2, 0.25) is 0 Å². The highest BCUT2D eigenvalue weighted by atomic mass is 16.3. The van der Waals surface area contributed by atoms with E-state index in [0.717, 1.165) is 42.4 Å². The highest BCUT2D eigenvalue weighted by molar-refractivity contribution is 5.25. The maximum absolute atomic E-state index is 10.2. The topological polar surface area (TPSA) is 20.2 Å². The Morgan fingerprint density at radius 1 is 0.808 bits per heavy atom. The van der Waals surface area contributed by atoms with Crippen molar-refractivity contribution >= 4 is 0 Å². The Balaban J connectivity index is 1.43. The third kappa shape index (κ3) is 2.38. The molecule has 0 spiro atoms. The maximum atomic E-state index is 10.2. The highest BCUT2D eigenvalue weighted by Gasteiger charge is 2.60. The summed E-state index contributed by atoms with van der Waals surface area (Å²) in [6.45, 7) is 5.24. The zero-order chi connectivity index (χ0) is 17.9. The van der Waals surface area contributed by atoms with Gasteiger partial charge in [-0.2, -0.15) is 0 Å². The number of hydrogen-bond donors (Lipinski definition) is 1. The van der Waals surface area contributed by atoms with Crippen LogP contribution in [0.5, 0.6) is 0 Å². The van der Waals surface area contributed by atoms with Crippen LogP contribution in [-0.2, 0) is 0 Å². The SMILES string of the molecule is C[C@]12CC[C@H]3[C@@H](CCC4C[C@@H](O)CC[C@@]43C)[C@@H]1CC[C@@H]2c1ccccc1. The molecule has 1 N–H and O–H groups in total. The first-order chi connectivity index (χ1) is 12.5. The van der Waals surface area contributed by atoms with Crippen molar-refractivity contribution in [1.29, 1.82) is 0 Å². The fourth-order valence-electron chi connectivity index (χ4n) is 8.47. The summed E-state index contributed by atoms with van der Waals surface area (Å²) in [5.41, 5.74) is 2.62. The molecule has 0 radical (unpaired) electrons. The van der Waals surface area contributed by atoms with Crippen LogP contribution in [0.1, 0.15) is 83.1 Å². The van der Waals surface area contributed by atoms with Crippen LogP contribution in [0.4, 0.5) is 0 Å². The summed E-state index contributed by atoms with van der Waals surface area (Å²) >= 11 is 0. The van der Waals surface area contributed by atoms with Crippen molar-refractivity contribution < 1.29 is 5.11 Å². The Bertz CT molecular complexity index is 653. The van der Waals surface area contributed by atoms with Gasteiger partial charge in [-0.05, 0) is 104 Å². The summed E-state index contributed by atoms with van der Waals surface area (Å²) in [5.74, 6) is 4.34. The first-order valence-corrected chi connectivity index (χ1v) is 11.3. The third-order valence-electron chi connectivity index (χ3n) is 9.84. The molecule has 8 atom stereocenters. The molecule has 1 aromatic rings. The Labute approximate surface area is 159 Å². The minimum Gasteiger partial charge on any atom is -0.393 e. The molecule has 1 unspecified atom stereocenters. The van der Waals surface area contributed by atoms with Crippen LogP contribution in [0.15, 0.2) is 30.3 Å². The number of rotatable bonds is 1. The van der Waals surface area contributed by atoms with E-state index in [1.165, 1.54) is 44.9 Å². The molecule has 4 saturated carbocycles. The zero-order valence-corrected chi connectivity index (χ0v) is 16.7. The molecule has 0 aromatic heterocycles. The third-order valence-corrected chi connectivity index (χ3v) is 9.84. The smallest absolute Gasteiger partial charge is 0.0543 e. The number of aliphatic hydroxyl groups is 1. The van der Waals surface area contributed by atoms with Gasteiger partial charge in [-0.25, -0.2) is 0 Å². The largest absolute Gasteiger partial charge is 0.393 e. The molecule has 142 valence electrons. The molecule has 0 aliphatic heterocycles. The van der Waals surface area contributed by atoms with E-state index >= 15 is 0 Å². The molecule has 0 heterocycles. The molecule has 1 aromatic carbocycles. The highest BCUT2D eigenvalue weighted by Crippen LogP contribution is 2.68. The van der Waals surface area contributed by atoms with E-state index < -0.39 is 0 Å². The zero-order valence-electron chi connectivity index (χ0n) is 16.7. The van der Waals surface area contributed by atoms with Crippen LogP contribution in [0, 0.1) is 34.5 Å². The minimum absolute atomic E-state index is 0.0209. The Kier molecular flexibility index (Phi) is 4.05. The van der Waals surface area contributed by atoms with Crippen LogP contribution < -0.4 is 0 Å². The van der Waals surface area contributed by atoms with Crippen LogP contribution in [-0.4, -0.2) is 11.2 Å². The second-order valence-corrected chi connectivity index (χ2v) is 10.7. The van der Waals surface area contributed by atoms with Gasteiger partial charge in [-0.15, -0.1) is 0 Å². The summed E-state index contributed by atoms with van der Waals surface area (Å²) in [6.07, 6.45) is 11.9. The lowest BCUT2D eigenvalue weighted by Crippen LogP contribution is -2.53. The van der Waals surface area contributed by atoms with Gasteiger partial charge in [0.15, 0.2) is 0 Å². The number of benzene rings is 1. The van der Waals surface area contributed by atoms with E-state index in [1.54, 1.807) is 5.56 Å². The average Bonchev–Trinajstić information content (AvgIpc) is 3.00. The van der Waals surface area contributed by atoms with Gasteiger partial charge < -0.3 is 5.11 Å². The van der Waals surface area contributed by atoms with Crippen molar-refractivity contribution in [3.63, 3.8) is 0 Å². The van der Waals surface area contributed by atoms with E-state index in [4.69, 9.17) is 0 Å². The molecular weight excluding hydrogens is 316 g/mol. The van der Waals surface area contributed by atoms with Crippen molar-refractivity contribution in [2.45, 2.75) is 83.7 Å². The number of aliphatic hydroxyl groups excluding tert-OH is 1. The first-order valence-electron chi connectivity index (χ1n) is 11.3. The molecule has 0 amide bonds. The van der Waals surface area contributed by atoms with Gasteiger partial charge in [-0.3, -0.25) is 0 Å². The van der Waals surface area contributed by atoms with Crippen molar-refractivity contribution in [3.8, 4) is 0 Å². The Morgan fingerprint density at radius 2 is 1.54 bits per heavy atom. The Morgan fingerprint density at radius 3 is 2.35 bits per heavy atom. The Hall–Kier alpha value is -0.820. The molecule has 4 aliphatic rings. The van der Waals surface area contributed by atoms with Crippen molar-refractivity contribution in [1.82, 2.24) is 0 Å². The molecule has 0 bridgehead atoms. The number of hydrogen-bond acceptors (Lipinski definition) is 1. The predicted molar refractivity (Wildman–Crippen MR) is 107 cm³/mol. The van der Waals surface area contributed by atoms with Crippen molar-refractivity contribution in [2.75, 3.05) is 0 Å². The van der Waals surface area contributed by atoms with Gasteiger partial charge in [-0.1, -0.05) is 44.2 Å². The fourth-order valence-corrected chi connectivity index (χ4v) is 8.47. The van der Waals surface area contributed by atoms with E-state index in [1.807, 2.05) is 0 Å². The normalized spacial score (nSPS) is 50.6. The summed E-state index contributed by atoms with van der Waals surface area (Å²) < 4.78 is 0. The standard InChI is InChI=1S/C25H36O/c1-24-14-12-19(26)16-18(24)8-9-20-22-11-10-21(17-6-4-3-5-7-17)25(22,2)15-13-23(20)24/h3-7,18-23,26H,8-16H2,1-2H3/t18?,19-,20-,21+,22-,23-,24-,25+/m0/s1. The van der Waals surface area contributed by atoms with Gasteiger partial charge in [0.2, 0.25) is 0 Å². The van der Waals surface area contributed by atoms with Gasteiger partial charge in [0.1, 0.15) is 0 Å². The second kappa shape index (κ2) is 6.09. The summed E-state index contributed by atoms with van der Waals surface area (Å²) in [4.78, 5) is 0. The first kappa shape index (κ1) is 17.3. The molecule has 0 saturated heterocycles. The monoisotopic (exact) mass is 352 g/mol. The molecule has 5 rings (SSSR count). The molecular formula is C25H36O. The molecule has 1 heteroatoms. The van der Waals surface area contributed by atoms with Crippen molar-refractivity contribution in [2.24, 2.45) is 34.5 Å². The van der Waals surface area contributed by atoms with E-state index in [0.29, 0.717) is 10.8 Å². The average molecular weight is 353 g/mol. The lowest BCUT2D eigenvalue weighted by Gasteiger charge is -2.61. The van der Waals surface area contributed by atoms with E-state index in [9.17, 15) is 5.11 Å². The van der Waals surface area contributed by atoms with Crippen LogP contribution in [0.25, 0.3) is 0 Å². The molecule has 4 aliphatic carbocycles. The number of fused-ring (bicyclic) bond motifs is 5. The van der Waals surface area contributed by atoms with Crippen LogP contribution >= 0.6 is 0 Å².